The molecule has 0 saturated heterocycles. The highest BCUT2D eigenvalue weighted by molar-refractivity contribution is 5.92. The van der Waals surface area contributed by atoms with Crippen LogP contribution < -0.4 is 27.0 Å². The molecule has 1 rings (SSSR count). The SMILES string of the molecule is CNC(=O)/C(=C/NCCCCN/C=C(\N)C(=O)NCc1cc(C(F)(F)F)ccn1)N=N. The number of carbonyl (C=O) groups is 2. The molecule has 1 heterocycles. The molecule has 0 spiro atoms. The highest BCUT2D eigenvalue weighted by Crippen LogP contribution is 2.28. The van der Waals surface area contributed by atoms with Gasteiger partial charge in [0, 0.05) is 38.7 Å². The Morgan fingerprint density at radius 2 is 1.84 bits per heavy atom. The predicted molar refractivity (Wildman–Crippen MR) is 106 cm³/mol. The Hall–Kier alpha value is -3.64. The van der Waals surface area contributed by atoms with Gasteiger partial charge in [0.1, 0.15) is 5.70 Å². The molecule has 0 aromatic carbocycles. The molecule has 0 radical (unpaired) electrons. The number of likely N-dealkylation sites (N-methyl/N-ethyl adjacent to an activating group) is 1. The Balaban J connectivity index is 2.30. The van der Waals surface area contributed by atoms with Crippen molar-refractivity contribution in [3.63, 3.8) is 0 Å². The fraction of sp³-hybridized carbons (Fsp3) is 0.389. The van der Waals surface area contributed by atoms with Crippen LogP contribution in [-0.2, 0) is 22.3 Å². The molecule has 0 atom stereocenters. The Morgan fingerprint density at radius 3 is 2.42 bits per heavy atom. The molecule has 0 aliphatic carbocycles. The van der Waals surface area contributed by atoms with Gasteiger partial charge in [0.05, 0.1) is 17.8 Å². The number of hydrogen-bond donors (Lipinski definition) is 6. The minimum absolute atomic E-state index is 0.0392. The van der Waals surface area contributed by atoms with E-state index in [1.807, 2.05) is 0 Å². The van der Waals surface area contributed by atoms with Crippen molar-refractivity contribution in [1.82, 2.24) is 26.3 Å². The summed E-state index contributed by atoms with van der Waals surface area (Å²) in [4.78, 5) is 27.0. The third-order valence-electron chi connectivity index (χ3n) is 3.80. The normalized spacial score (nSPS) is 12.1. The highest BCUT2D eigenvalue weighted by Gasteiger charge is 2.30. The van der Waals surface area contributed by atoms with Crippen molar-refractivity contribution in [2.45, 2.75) is 25.6 Å². The Kier molecular flexibility index (Phi) is 10.5. The topological polar surface area (TPSA) is 157 Å². The zero-order valence-electron chi connectivity index (χ0n) is 16.8. The van der Waals surface area contributed by atoms with Gasteiger partial charge in [0.25, 0.3) is 11.8 Å². The largest absolute Gasteiger partial charge is 0.416 e. The lowest BCUT2D eigenvalue weighted by atomic mass is 10.2. The quantitative estimate of drug-likeness (QED) is 0.162. The summed E-state index contributed by atoms with van der Waals surface area (Å²) in [6.45, 7) is 0.861. The molecule has 31 heavy (non-hydrogen) atoms. The minimum atomic E-state index is -4.49. The summed E-state index contributed by atoms with van der Waals surface area (Å²) in [5.74, 6) is -1.11. The number of carbonyl (C=O) groups excluding carboxylic acids is 2. The average molecular weight is 442 g/mol. The van der Waals surface area contributed by atoms with Crippen LogP contribution in [0.15, 0.2) is 47.2 Å². The van der Waals surface area contributed by atoms with Crippen molar-refractivity contribution in [2.24, 2.45) is 10.8 Å². The van der Waals surface area contributed by atoms with Gasteiger partial charge >= 0.3 is 6.18 Å². The molecule has 0 unspecified atom stereocenters. The van der Waals surface area contributed by atoms with Gasteiger partial charge in [-0.15, -0.1) is 0 Å². The number of hydrogen-bond acceptors (Lipinski definition) is 8. The van der Waals surface area contributed by atoms with Gasteiger partial charge in [-0.05, 0) is 25.0 Å². The molecule has 10 nitrogen and oxygen atoms in total. The second kappa shape index (κ2) is 12.8. The maximum Gasteiger partial charge on any atom is 0.416 e. The number of halogens is 3. The number of rotatable bonds is 12. The summed E-state index contributed by atoms with van der Waals surface area (Å²) in [6.07, 6.45) is 0.638. The number of alkyl halides is 3. The van der Waals surface area contributed by atoms with Gasteiger partial charge in [0.15, 0.2) is 5.70 Å². The maximum atomic E-state index is 12.7. The van der Waals surface area contributed by atoms with Gasteiger partial charge in [0.2, 0.25) is 0 Å². The van der Waals surface area contributed by atoms with E-state index in [1.165, 1.54) is 19.4 Å². The summed E-state index contributed by atoms with van der Waals surface area (Å²) in [6, 6.07) is 1.71. The molecule has 0 aliphatic rings. The van der Waals surface area contributed by atoms with Gasteiger partial charge in [-0.1, -0.05) is 0 Å². The van der Waals surface area contributed by atoms with E-state index >= 15 is 0 Å². The number of amides is 2. The van der Waals surface area contributed by atoms with Crippen LogP contribution in [0.4, 0.5) is 13.2 Å². The van der Waals surface area contributed by atoms with E-state index in [-0.39, 0.29) is 23.6 Å². The predicted octanol–water partition coefficient (Wildman–Crippen LogP) is 1.09. The van der Waals surface area contributed by atoms with Crippen LogP contribution in [0, 0.1) is 5.53 Å². The van der Waals surface area contributed by atoms with Crippen molar-refractivity contribution >= 4 is 11.8 Å². The maximum absolute atomic E-state index is 12.7. The van der Waals surface area contributed by atoms with Crippen LogP contribution in [0.3, 0.4) is 0 Å². The average Bonchev–Trinajstić information content (AvgIpc) is 2.75. The van der Waals surface area contributed by atoms with E-state index < -0.39 is 23.6 Å². The van der Waals surface area contributed by atoms with Crippen molar-refractivity contribution in [1.29, 1.82) is 5.53 Å². The first-order chi connectivity index (χ1) is 14.7. The van der Waals surface area contributed by atoms with E-state index in [4.69, 9.17) is 11.3 Å². The molecule has 1 aromatic rings. The van der Waals surface area contributed by atoms with E-state index in [9.17, 15) is 22.8 Å². The van der Waals surface area contributed by atoms with Gasteiger partial charge in [-0.25, -0.2) is 5.53 Å². The highest BCUT2D eigenvalue weighted by atomic mass is 19.4. The smallest absolute Gasteiger partial charge is 0.393 e. The first-order valence-electron chi connectivity index (χ1n) is 9.21. The van der Waals surface area contributed by atoms with Crippen molar-refractivity contribution < 1.29 is 22.8 Å². The molecule has 0 saturated carbocycles. The van der Waals surface area contributed by atoms with Crippen molar-refractivity contribution in [3.05, 3.63) is 53.4 Å². The third kappa shape index (κ3) is 9.60. The van der Waals surface area contributed by atoms with Crippen LogP contribution in [-0.4, -0.2) is 36.9 Å². The number of nitrogens with one attached hydrogen (secondary N) is 5. The molecule has 170 valence electrons. The van der Waals surface area contributed by atoms with E-state index in [0.29, 0.717) is 19.5 Å². The van der Waals surface area contributed by atoms with E-state index in [2.05, 4.69) is 31.4 Å². The monoisotopic (exact) mass is 442 g/mol. The third-order valence-corrected chi connectivity index (χ3v) is 3.80. The molecule has 0 fully saturated rings. The van der Waals surface area contributed by atoms with Crippen LogP contribution in [0.5, 0.6) is 0 Å². The second-order valence-corrected chi connectivity index (χ2v) is 6.15. The van der Waals surface area contributed by atoms with Gasteiger partial charge in [-0.3, -0.25) is 14.6 Å². The Morgan fingerprint density at radius 1 is 1.19 bits per heavy atom. The molecule has 13 heteroatoms. The summed E-state index contributed by atoms with van der Waals surface area (Å²) >= 11 is 0. The molecule has 0 bridgehead atoms. The molecular weight excluding hydrogens is 417 g/mol. The number of aromatic nitrogens is 1. The summed E-state index contributed by atoms with van der Waals surface area (Å²) in [5, 5.41) is 13.6. The number of nitrogens with two attached hydrogens (primary N) is 1. The number of nitrogens with zero attached hydrogens (tertiary/aromatic N) is 2. The van der Waals surface area contributed by atoms with Gasteiger partial charge in [-0.2, -0.15) is 18.3 Å². The molecule has 2 amide bonds. The molecule has 1 aromatic heterocycles. The second-order valence-electron chi connectivity index (χ2n) is 6.15. The van der Waals surface area contributed by atoms with E-state index in [1.54, 1.807) is 0 Å². The summed E-state index contributed by atoms with van der Waals surface area (Å²) in [7, 11) is 1.44. The zero-order valence-corrected chi connectivity index (χ0v) is 16.8. The first kappa shape index (κ1) is 25.4. The zero-order chi connectivity index (χ0) is 23.3. The molecule has 7 N–H and O–H groups in total. The first-order valence-corrected chi connectivity index (χ1v) is 9.21. The molecule has 0 aliphatic heterocycles. The summed E-state index contributed by atoms with van der Waals surface area (Å²) in [5.41, 5.74) is 11.6. The molecular formula is C18H25F3N8O2. The standard InChI is InChI=1S/C18H25F3N8O2/c1-24-17(31)15(29-23)11-26-6-3-2-5-25-10-14(22)16(30)28-9-13-8-12(4-7-27-13)18(19,20)21/h4,7-8,10-11,23,25-26H,2-3,5-6,9,22H2,1H3,(H,24,31)(H,28,30)/b14-10-,15-11-,29-23?. The van der Waals surface area contributed by atoms with E-state index in [0.717, 1.165) is 24.8 Å². The fourth-order valence-electron chi connectivity index (χ4n) is 2.17. The minimum Gasteiger partial charge on any atom is -0.393 e. The van der Waals surface area contributed by atoms with Gasteiger partial charge < -0.3 is 27.0 Å². The van der Waals surface area contributed by atoms with Crippen molar-refractivity contribution in [3.8, 4) is 0 Å². The summed E-state index contributed by atoms with van der Waals surface area (Å²) < 4.78 is 38.0. The lowest BCUT2D eigenvalue weighted by Gasteiger charge is -2.09. The van der Waals surface area contributed by atoms with Crippen LogP contribution in [0.25, 0.3) is 0 Å². The lowest BCUT2D eigenvalue weighted by molar-refractivity contribution is -0.137. The fourth-order valence-corrected chi connectivity index (χ4v) is 2.17. The van der Waals surface area contributed by atoms with Crippen LogP contribution >= 0.6 is 0 Å². The Labute approximate surface area is 177 Å². The lowest BCUT2D eigenvalue weighted by Crippen LogP contribution is -2.30. The van der Waals surface area contributed by atoms with Crippen LogP contribution in [0.2, 0.25) is 0 Å². The van der Waals surface area contributed by atoms with Crippen molar-refractivity contribution in [2.75, 3.05) is 20.1 Å². The number of pyridine rings is 1. The Bertz CT molecular complexity index is 824. The van der Waals surface area contributed by atoms with Crippen LogP contribution in [0.1, 0.15) is 24.1 Å². The number of unbranched alkanes of at least 4 members (excludes halogenated alkanes) is 1.